The van der Waals surface area contributed by atoms with Gasteiger partial charge in [0.2, 0.25) is 5.78 Å². The zero-order chi connectivity index (χ0) is 12.4. The van der Waals surface area contributed by atoms with Gasteiger partial charge < -0.3 is 5.32 Å². The lowest BCUT2D eigenvalue weighted by molar-refractivity contribution is 0.102. The predicted octanol–water partition coefficient (Wildman–Crippen LogP) is 2.15. The first-order valence-corrected chi connectivity index (χ1v) is 6.26. The molecule has 0 saturated heterocycles. The van der Waals surface area contributed by atoms with Crippen molar-refractivity contribution in [1.29, 1.82) is 0 Å². The number of allylic oxidation sites excluding steroid dienone is 2. The van der Waals surface area contributed by atoms with Gasteiger partial charge in [-0.15, -0.1) is 11.8 Å². The molecule has 2 amide bonds. The van der Waals surface area contributed by atoms with E-state index >= 15 is 0 Å². The lowest BCUT2D eigenvalue weighted by Gasteiger charge is -2.03. The van der Waals surface area contributed by atoms with Crippen molar-refractivity contribution >= 4 is 23.6 Å². The van der Waals surface area contributed by atoms with Crippen molar-refractivity contribution in [2.75, 3.05) is 6.26 Å². The zero-order valence-corrected chi connectivity index (χ0v) is 10.3. The topological polar surface area (TPSA) is 60.3 Å². The number of carbonyl (C=O) groups is 2. The Morgan fingerprint density at radius 1 is 1.29 bits per heavy atom. The highest BCUT2D eigenvalue weighted by Crippen LogP contribution is 2.18. The normalized spacial score (nSPS) is 14.6. The molecule has 5 heteroatoms. The van der Waals surface area contributed by atoms with E-state index < -0.39 is 6.03 Å². The van der Waals surface area contributed by atoms with E-state index in [0.717, 1.165) is 4.90 Å². The molecule has 1 aliphatic rings. The van der Waals surface area contributed by atoms with E-state index in [2.05, 4.69) is 10.6 Å². The molecule has 0 aromatic heterocycles. The molecule has 0 spiro atoms. The quantitative estimate of drug-likeness (QED) is 0.657. The molecule has 17 heavy (non-hydrogen) atoms. The van der Waals surface area contributed by atoms with Crippen molar-refractivity contribution in [3.63, 3.8) is 0 Å². The molecular weight excluding hydrogens is 236 g/mol. The van der Waals surface area contributed by atoms with Crippen molar-refractivity contribution < 1.29 is 9.59 Å². The summed E-state index contributed by atoms with van der Waals surface area (Å²) in [6, 6.07) is 6.77. The Kier molecular flexibility index (Phi) is 3.19. The molecule has 1 aliphatic heterocycles. The smallest absolute Gasteiger partial charge is 0.301 e. The van der Waals surface area contributed by atoms with E-state index in [1.807, 2.05) is 18.4 Å². The number of amides is 2. The van der Waals surface area contributed by atoms with Gasteiger partial charge in [-0.05, 0) is 37.4 Å². The monoisotopic (exact) mass is 247 g/mol. The van der Waals surface area contributed by atoms with Crippen LogP contribution in [0.2, 0.25) is 0 Å². The number of hydrogen-bond acceptors (Lipinski definition) is 3. The summed E-state index contributed by atoms with van der Waals surface area (Å²) in [6.07, 6.45) is 1.97. The number of thioether (sulfide) groups is 1. The van der Waals surface area contributed by atoms with Gasteiger partial charge in [0.25, 0.3) is 0 Å². The standard InChI is InChI=1S/C12H11N2O2S/c1-7-10(14-12(16)13-7)11(15)8-3-5-9(17-2)6-4-8/h3-6H,1-2H3,(H,14,16). The highest BCUT2D eigenvalue weighted by Gasteiger charge is 2.25. The van der Waals surface area contributed by atoms with Crippen LogP contribution in [0.1, 0.15) is 17.3 Å². The maximum atomic E-state index is 12.1. The van der Waals surface area contributed by atoms with Gasteiger partial charge in [0, 0.05) is 10.5 Å². The second kappa shape index (κ2) is 4.63. The molecule has 1 aromatic carbocycles. The maximum Gasteiger partial charge on any atom is 0.345 e. The first-order valence-electron chi connectivity index (χ1n) is 5.04. The Morgan fingerprint density at radius 2 is 1.94 bits per heavy atom. The molecule has 2 rings (SSSR count). The molecular formula is C12H11N2O2S. The van der Waals surface area contributed by atoms with Crippen molar-refractivity contribution in [3.8, 4) is 0 Å². The van der Waals surface area contributed by atoms with E-state index in [9.17, 15) is 9.59 Å². The summed E-state index contributed by atoms with van der Waals surface area (Å²) >= 11 is 1.61. The number of hydrogen-bond donors (Lipinski definition) is 1. The fourth-order valence-electron chi connectivity index (χ4n) is 1.54. The molecule has 0 atom stereocenters. The van der Waals surface area contributed by atoms with Gasteiger partial charge in [-0.25, -0.2) is 4.79 Å². The lowest BCUT2D eigenvalue weighted by Crippen LogP contribution is -2.22. The highest BCUT2D eigenvalue weighted by molar-refractivity contribution is 7.98. The van der Waals surface area contributed by atoms with E-state index in [4.69, 9.17) is 0 Å². The number of ketones is 1. The second-order valence-electron chi connectivity index (χ2n) is 3.56. The van der Waals surface area contributed by atoms with Crippen LogP contribution in [-0.4, -0.2) is 18.1 Å². The molecule has 4 nitrogen and oxygen atoms in total. The molecule has 0 bridgehead atoms. The highest BCUT2D eigenvalue weighted by atomic mass is 32.2. The number of carbonyl (C=O) groups excluding carboxylic acids is 2. The van der Waals surface area contributed by atoms with Gasteiger partial charge >= 0.3 is 6.03 Å². The van der Waals surface area contributed by atoms with Crippen LogP contribution in [0.4, 0.5) is 4.79 Å². The van der Waals surface area contributed by atoms with Gasteiger partial charge in [0.15, 0.2) is 0 Å². The number of nitrogens with zero attached hydrogens (tertiary/aromatic N) is 1. The van der Waals surface area contributed by atoms with Gasteiger partial charge in [0.1, 0.15) is 5.70 Å². The van der Waals surface area contributed by atoms with Crippen molar-refractivity contribution in [3.05, 3.63) is 41.2 Å². The van der Waals surface area contributed by atoms with Crippen molar-refractivity contribution in [2.45, 2.75) is 11.8 Å². The molecule has 0 fully saturated rings. The largest absolute Gasteiger partial charge is 0.345 e. The average molecular weight is 247 g/mol. The van der Waals surface area contributed by atoms with Gasteiger partial charge in [0.05, 0.1) is 5.70 Å². The van der Waals surface area contributed by atoms with Crippen molar-refractivity contribution in [2.24, 2.45) is 0 Å². The van der Waals surface area contributed by atoms with E-state index in [0.29, 0.717) is 11.3 Å². The average Bonchev–Trinajstić information content (AvgIpc) is 2.68. The SMILES string of the molecule is CSc1ccc(C(=O)C2=C(C)[N]C(=O)N2)cc1. The number of nitrogens with one attached hydrogen (secondary N) is 1. The van der Waals surface area contributed by atoms with Crippen LogP contribution in [0.3, 0.4) is 0 Å². The summed E-state index contributed by atoms with van der Waals surface area (Å²) in [4.78, 5) is 24.2. The minimum atomic E-state index is -0.480. The predicted molar refractivity (Wildman–Crippen MR) is 65.9 cm³/mol. The minimum Gasteiger partial charge on any atom is -0.301 e. The fourth-order valence-corrected chi connectivity index (χ4v) is 1.95. The fraction of sp³-hybridized carbons (Fsp3) is 0.167. The van der Waals surface area contributed by atoms with Crippen LogP contribution < -0.4 is 10.6 Å². The zero-order valence-electron chi connectivity index (χ0n) is 9.48. The summed E-state index contributed by atoms with van der Waals surface area (Å²) in [6.45, 7) is 1.64. The first-order chi connectivity index (χ1) is 8.11. The Morgan fingerprint density at radius 3 is 2.41 bits per heavy atom. The van der Waals surface area contributed by atoms with Crippen LogP contribution in [0, 0.1) is 0 Å². The molecule has 1 heterocycles. The third-order valence-electron chi connectivity index (χ3n) is 2.44. The number of rotatable bonds is 3. The number of benzene rings is 1. The molecule has 0 aliphatic carbocycles. The summed E-state index contributed by atoms with van der Waals surface area (Å²) in [5.41, 5.74) is 1.26. The summed E-state index contributed by atoms with van der Waals surface area (Å²) in [5.74, 6) is -0.204. The molecule has 87 valence electrons. The van der Waals surface area contributed by atoms with Crippen LogP contribution >= 0.6 is 11.8 Å². The van der Waals surface area contributed by atoms with Crippen molar-refractivity contribution in [1.82, 2.24) is 10.6 Å². The molecule has 0 saturated carbocycles. The number of urea groups is 1. The van der Waals surface area contributed by atoms with E-state index in [-0.39, 0.29) is 11.5 Å². The Labute approximate surface area is 103 Å². The lowest BCUT2D eigenvalue weighted by atomic mass is 10.1. The minimum absolute atomic E-state index is 0.204. The summed E-state index contributed by atoms with van der Waals surface area (Å²) in [7, 11) is 0. The third-order valence-corrected chi connectivity index (χ3v) is 3.19. The Balaban J connectivity index is 2.25. The Hall–Kier alpha value is -1.75. The molecule has 1 aromatic rings. The Bertz CT molecular complexity index is 506. The van der Waals surface area contributed by atoms with Crippen LogP contribution in [-0.2, 0) is 0 Å². The number of Topliss-reactive ketones (excluding diaryl/α,β-unsaturated/α-hetero) is 1. The summed E-state index contributed by atoms with van der Waals surface area (Å²) in [5, 5.41) is 6.11. The molecule has 0 unspecified atom stereocenters. The van der Waals surface area contributed by atoms with E-state index in [1.165, 1.54) is 0 Å². The maximum absolute atomic E-state index is 12.1. The second-order valence-corrected chi connectivity index (χ2v) is 4.44. The van der Waals surface area contributed by atoms with E-state index in [1.54, 1.807) is 30.8 Å². The molecule has 1 N–H and O–H groups in total. The summed E-state index contributed by atoms with van der Waals surface area (Å²) < 4.78 is 0. The first kappa shape index (κ1) is 11.7. The van der Waals surface area contributed by atoms with Gasteiger partial charge in [-0.3, -0.25) is 4.79 Å². The molecule has 1 radical (unpaired) electrons. The van der Waals surface area contributed by atoms with Crippen LogP contribution in [0.5, 0.6) is 0 Å². The third kappa shape index (κ3) is 2.34. The van der Waals surface area contributed by atoms with Crippen LogP contribution in [0.15, 0.2) is 40.6 Å². The van der Waals surface area contributed by atoms with Gasteiger partial charge in [-0.2, -0.15) is 5.32 Å². The van der Waals surface area contributed by atoms with Gasteiger partial charge in [-0.1, -0.05) is 0 Å². The van der Waals surface area contributed by atoms with Crippen LogP contribution in [0.25, 0.3) is 0 Å².